The van der Waals surface area contributed by atoms with Crippen LogP contribution in [-0.2, 0) is 7.05 Å². The summed E-state index contributed by atoms with van der Waals surface area (Å²) in [4.78, 5) is 12.3. The minimum atomic E-state index is -0.0935. The Morgan fingerprint density at radius 2 is 2.16 bits per heavy atom. The van der Waals surface area contributed by atoms with Crippen LogP contribution in [0.2, 0.25) is 0 Å². The number of hydrogen-bond donors (Lipinski definition) is 1. The van der Waals surface area contributed by atoms with Crippen molar-refractivity contribution in [3.05, 3.63) is 51.9 Å². The van der Waals surface area contributed by atoms with E-state index < -0.39 is 0 Å². The lowest BCUT2D eigenvalue weighted by Crippen LogP contribution is -2.15. The van der Waals surface area contributed by atoms with Gasteiger partial charge in [0.1, 0.15) is 5.69 Å². The highest BCUT2D eigenvalue weighted by Crippen LogP contribution is 2.25. The molecule has 0 spiro atoms. The number of rotatable bonds is 2. The van der Waals surface area contributed by atoms with Gasteiger partial charge in [-0.15, -0.1) is 11.3 Å². The lowest BCUT2D eigenvalue weighted by atomic mass is 10.3. The molecule has 0 saturated carbocycles. The average molecular weight is 335 g/mol. The van der Waals surface area contributed by atoms with Crippen LogP contribution in [0.5, 0.6) is 0 Å². The predicted molar refractivity (Wildman–Crippen MR) is 82.9 cm³/mol. The summed E-state index contributed by atoms with van der Waals surface area (Å²) in [5, 5.41) is 4.93. The molecular formula is C14H11BrN2OS. The molecule has 2 aromatic heterocycles. The van der Waals surface area contributed by atoms with Crippen LogP contribution in [0.3, 0.4) is 0 Å². The second-order valence-electron chi connectivity index (χ2n) is 4.22. The number of benzene rings is 1. The molecule has 0 aliphatic carbocycles. The number of aromatic nitrogens is 1. The first kappa shape index (κ1) is 12.4. The van der Waals surface area contributed by atoms with Gasteiger partial charge in [-0.1, -0.05) is 22.0 Å². The second-order valence-corrected chi connectivity index (χ2v) is 6.09. The normalized spacial score (nSPS) is 10.8. The summed E-state index contributed by atoms with van der Waals surface area (Å²) in [5.41, 5.74) is 2.54. The van der Waals surface area contributed by atoms with Gasteiger partial charge in [0, 0.05) is 17.2 Å². The highest BCUT2D eigenvalue weighted by Gasteiger charge is 2.14. The Balaban J connectivity index is 1.91. The number of nitrogens with one attached hydrogen (secondary N) is 1. The van der Waals surface area contributed by atoms with E-state index >= 15 is 0 Å². The molecule has 0 aliphatic rings. The van der Waals surface area contributed by atoms with Crippen LogP contribution in [0.1, 0.15) is 10.5 Å². The number of thiophene rings is 1. The molecule has 0 unspecified atom stereocenters. The first-order valence-corrected chi connectivity index (χ1v) is 7.42. The van der Waals surface area contributed by atoms with Crippen LogP contribution in [0.25, 0.3) is 10.2 Å². The Morgan fingerprint density at radius 3 is 2.89 bits per heavy atom. The van der Waals surface area contributed by atoms with E-state index in [4.69, 9.17) is 0 Å². The molecule has 0 saturated heterocycles. The summed E-state index contributed by atoms with van der Waals surface area (Å²) in [6, 6.07) is 11.5. The van der Waals surface area contributed by atoms with Gasteiger partial charge in [-0.25, -0.2) is 0 Å². The third kappa shape index (κ3) is 2.31. The van der Waals surface area contributed by atoms with Crippen LogP contribution < -0.4 is 5.32 Å². The van der Waals surface area contributed by atoms with Crippen molar-refractivity contribution in [3.8, 4) is 0 Å². The first-order valence-electron chi connectivity index (χ1n) is 5.75. The number of carbonyl (C=O) groups is 1. The van der Waals surface area contributed by atoms with Gasteiger partial charge in [0.2, 0.25) is 0 Å². The van der Waals surface area contributed by atoms with E-state index in [0.29, 0.717) is 5.69 Å². The zero-order valence-electron chi connectivity index (χ0n) is 10.2. The van der Waals surface area contributed by atoms with Gasteiger partial charge in [-0.3, -0.25) is 4.79 Å². The minimum Gasteiger partial charge on any atom is -0.339 e. The summed E-state index contributed by atoms with van der Waals surface area (Å²) in [6.45, 7) is 0. The molecule has 0 radical (unpaired) electrons. The van der Waals surface area contributed by atoms with Gasteiger partial charge < -0.3 is 9.88 Å². The van der Waals surface area contributed by atoms with Crippen molar-refractivity contribution in [2.24, 2.45) is 7.05 Å². The Bertz CT molecular complexity index is 760. The largest absolute Gasteiger partial charge is 0.339 e. The number of aryl methyl sites for hydroxylation is 1. The zero-order chi connectivity index (χ0) is 13.4. The van der Waals surface area contributed by atoms with Gasteiger partial charge >= 0.3 is 0 Å². The van der Waals surface area contributed by atoms with Crippen molar-refractivity contribution in [1.29, 1.82) is 0 Å². The molecule has 0 fully saturated rings. The average Bonchev–Trinajstić information content (AvgIpc) is 2.93. The summed E-state index contributed by atoms with van der Waals surface area (Å²) in [5.74, 6) is -0.0935. The molecule has 19 heavy (non-hydrogen) atoms. The Morgan fingerprint density at radius 1 is 1.32 bits per heavy atom. The van der Waals surface area contributed by atoms with Crippen LogP contribution >= 0.6 is 27.3 Å². The molecule has 1 N–H and O–H groups in total. The molecular weight excluding hydrogens is 324 g/mol. The third-order valence-corrected chi connectivity index (χ3v) is 4.33. The fourth-order valence-electron chi connectivity index (χ4n) is 2.03. The number of amides is 1. The van der Waals surface area contributed by atoms with E-state index in [-0.39, 0.29) is 5.91 Å². The molecule has 3 rings (SSSR count). The van der Waals surface area contributed by atoms with Gasteiger partial charge in [0.05, 0.1) is 10.2 Å². The smallest absolute Gasteiger partial charge is 0.272 e. The lowest BCUT2D eigenvalue weighted by molar-refractivity contribution is 0.102. The van der Waals surface area contributed by atoms with Crippen molar-refractivity contribution in [2.45, 2.75) is 0 Å². The Labute approximate surface area is 123 Å². The van der Waals surface area contributed by atoms with Crippen molar-refractivity contribution in [2.75, 3.05) is 5.32 Å². The van der Waals surface area contributed by atoms with Crippen molar-refractivity contribution in [1.82, 2.24) is 4.57 Å². The molecule has 3 aromatic rings. The van der Waals surface area contributed by atoms with Gasteiger partial charge in [-0.05, 0) is 35.7 Å². The van der Waals surface area contributed by atoms with Crippen molar-refractivity contribution in [3.63, 3.8) is 0 Å². The maximum absolute atomic E-state index is 12.3. The third-order valence-electron chi connectivity index (χ3n) is 2.98. The van der Waals surface area contributed by atoms with Crippen LogP contribution in [0.4, 0.5) is 5.69 Å². The molecule has 0 atom stereocenters. The monoisotopic (exact) mass is 334 g/mol. The summed E-state index contributed by atoms with van der Waals surface area (Å²) >= 11 is 5.03. The number of halogens is 1. The molecule has 5 heteroatoms. The first-order chi connectivity index (χ1) is 9.15. The predicted octanol–water partition coefficient (Wildman–Crippen LogP) is 4.25. The van der Waals surface area contributed by atoms with Crippen molar-refractivity contribution >= 4 is 49.1 Å². The van der Waals surface area contributed by atoms with Gasteiger partial charge in [0.25, 0.3) is 5.91 Å². The van der Waals surface area contributed by atoms with Gasteiger partial charge in [-0.2, -0.15) is 0 Å². The maximum atomic E-state index is 12.3. The van der Waals surface area contributed by atoms with Crippen LogP contribution in [-0.4, -0.2) is 10.5 Å². The minimum absolute atomic E-state index is 0.0935. The fourth-order valence-corrected chi connectivity index (χ4v) is 3.28. The summed E-state index contributed by atoms with van der Waals surface area (Å²) in [6.07, 6.45) is 0. The molecule has 0 aliphatic heterocycles. The maximum Gasteiger partial charge on any atom is 0.272 e. The SMILES string of the molecule is Cn1c(C(=O)Nc2cccc(Br)c2)cc2sccc21. The van der Waals surface area contributed by atoms with E-state index in [2.05, 4.69) is 21.2 Å². The highest BCUT2D eigenvalue weighted by molar-refractivity contribution is 9.10. The molecule has 1 amide bonds. The van der Waals surface area contributed by atoms with E-state index in [1.807, 2.05) is 53.4 Å². The lowest BCUT2D eigenvalue weighted by Gasteiger charge is -2.06. The van der Waals surface area contributed by atoms with Gasteiger partial charge in [0.15, 0.2) is 0 Å². The van der Waals surface area contributed by atoms with Crippen LogP contribution in [0.15, 0.2) is 46.3 Å². The summed E-state index contributed by atoms with van der Waals surface area (Å²) in [7, 11) is 1.91. The fraction of sp³-hybridized carbons (Fsp3) is 0.0714. The number of nitrogens with zero attached hydrogens (tertiary/aromatic N) is 1. The van der Waals surface area contributed by atoms with Crippen molar-refractivity contribution < 1.29 is 4.79 Å². The topological polar surface area (TPSA) is 34.0 Å². The Kier molecular flexibility index (Phi) is 3.16. The quantitative estimate of drug-likeness (QED) is 0.746. The number of carbonyl (C=O) groups excluding carboxylic acids is 1. The highest BCUT2D eigenvalue weighted by atomic mass is 79.9. The molecule has 96 valence electrons. The van der Waals surface area contributed by atoms with E-state index in [1.165, 1.54) is 0 Å². The van der Waals surface area contributed by atoms with E-state index in [0.717, 1.165) is 20.4 Å². The number of fused-ring (bicyclic) bond motifs is 1. The van der Waals surface area contributed by atoms with E-state index in [9.17, 15) is 4.79 Å². The molecule has 3 nitrogen and oxygen atoms in total. The number of hydrogen-bond acceptors (Lipinski definition) is 2. The molecule has 2 heterocycles. The molecule has 0 bridgehead atoms. The second kappa shape index (κ2) is 4.83. The number of anilines is 1. The Hall–Kier alpha value is -1.59. The van der Waals surface area contributed by atoms with Crippen LogP contribution in [0, 0.1) is 0 Å². The standard InChI is InChI=1S/C14H11BrN2OS/c1-17-11-5-6-19-13(11)8-12(17)14(18)16-10-4-2-3-9(15)7-10/h2-8H,1H3,(H,16,18). The molecule has 1 aromatic carbocycles. The zero-order valence-corrected chi connectivity index (χ0v) is 12.6. The summed E-state index contributed by atoms with van der Waals surface area (Å²) < 4.78 is 3.99. The van der Waals surface area contributed by atoms with E-state index in [1.54, 1.807) is 11.3 Å².